The van der Waals surface area contributed by atoms with Crippen LogP contribution in [0, 0.1) is 0 Å². The molecule has 1 aromatic carbocycles. The number of imidazole rings is 1. The normalized spacial score (nSPS) is 15.9. The number of carbonyl (C=O) groups excluding carboxylic acids is 1. The molecule has 1 aliphatic carbocycles. The third kappa shape index (κ3) is 6.75. The van der Waals surface area contributed by atoms with Gasteiger partial charge in [-0.2, -0.15) is 9.97 Å². The van der Waals surface area contributed by atoms with E-state index in [0.29, 0.717) is 56.2 Å². The Morgan fingerprint density at radius 1 is 1.05 bits per heavy atom. The van der Waals surface area contributed by atoms with Crippen molar-refractivity contribution in [2.45, 2.75) is 51.0 Å². The zero-order valence-electron chi connectivity index (χ0n) is 22.3. The molecule has 0 bridgehead atoms. The van der Waals surface area contributed by atoms with Crippen molar-refractivity contribution in [1.82, 2.24) is 24.4 Å². The molecule has 6 N–H and O–H groups in total. The van der Waals surface area contributed by atoms with Crippen molar-refractivity contribution in [3.8, 4) is 0 Å². The van der Waals surface area contributed by atoms with Gasteiger partial charge in [-0.15, -0.1) is 0 Å². The molecule has 2 fully saturated rings. The van der Waals surface area contributed by atoms with Crippen LogP contribution in [-0.2, 0) is 4.74 Å². The monoisotopic (exact) mass is 534 g/mol. The Bertz CT molecular complexity index is 1270. The van der Waals surface area contributed by atoms with Gasteiger partial charge in [0.05, 0.1) is 19.5 Å². The van der Waals surface area contributed by atoms with E-state index in [2.05, 4.69) is 20.2 Å². The number of hydrogen-bond donors (Lipinski definition) is 4. The lowest BCUT2D eigenvalue weighted by Gasteiger charge is -2.26. The van der Waals surface area contributed by atoms with Gasteiger partial charge in [0.25, 0.3) is 5.91 Å². The van der Waals surface area contributed by atoms with Crippen LogP contribution in [0.15, 0.2) is 35.6 Å². The summed E-state index contributed by atoms with van der Waals surface area (Å²) in [6.07, 6.45) is 9.47. The molecule has 1 saturated heterocycles. The van der Waals surface area contributed by atoms with E-state index in [9.17, 15) is 4.79 Å². The topological polar surface area (TPSA) is 162 Å². The van der Waals surface area contributed by atoms with E-state index in [1.807, 2.05) is 35.5 Å². The summed E-state index contributed by atoms with van der Waals surface area (Å²) in [5.41, 5.74) is 13.8. The highest BCUT2D eigenvalue weighted by atomic mass is 16.5. The molecule has 12 nitrogen and oxygen atoms in total. The summed E-state index contributed by atoms with van der Waals surface area (Å²) in [6, 6.07) is 7.90. The van der Waals surface area contributed by atoms with Gasteiger partial charge in [-0.25, -0.2) is 4.98 Å². The van der Waals surface area contributed by atoms with Gasteiger partial charge in [0.15, 0.2) is 22.9 Å². The van der Waals surface area contributed by atoms with Gasteiger partial charge in [-0.3, -0.25) is 9.79 Å². The average molecular weight is 535 g/mol. The van der Waals surface area contributed by atoms with Crippen LogP contribution in [0.1, 0.15) is 61.3 Å². The predicted octanol–water partition coefficient (Wildman–Crippen LogP) is 3.01. The smallest absolute Gasteiger partial charge is 0.254 e. The predicted molar refractivity (Wildman–Crippen MR) is 152 cm³/mol. The van der Waals surface area contributed by atoms with Crippen molar-refractivity contribution in [3.05, 3.63) is 36.2 Å². The van der Waals surface area contributed by atoms with E-state index in [1.54, 1.807) is 0 Å². The van der Waals surface area contributed by atoms with Crippen LogP contribution in [0.5, 0.6) is 0 Å². The van der Waals surface area contributed by atoms with Gasteiger partial charge in [-0.05, 0) is 56.4 Å². The molecule has 2 aromatic heterocycles. The fourth-order valence-electron chi connectivity index (χ4n) is 5.14. The number of fused-ring (bicyclic) bond motifs is 1. The van der Waals surface area contributed by atoms with E-state index in [4.69, 9.17) is 31.2 Å². The number of benzene rings is 1. The van der Waals surface area contributed by atoms with E-state index < -0.39 is 0 Å². The number of aliphatic imine (C=N–C) groups is 1. The number of morpholine rings is 1. The van der Waals surface area contributed by atoms with Crippen molar-refractivity contribution in [3.63, 3.8) is 0 Å². The molecule has 5 rings (SSSR count). The lowest BCUT2D eigenvalue weighted by molar-refractivity contribution is 0.0303. The minimum absolute atomic E-state index is 0.0226. The summed E-state index contributed by atoms with van der Waals surface area (Å²) >= 11 is 0. The van der Waals surface area contributed by atoms with Crippen LogP contribution >= 0.6 is 0 Å². The molecule has 3 aromatic rings. The summed E-state index contributed by atoms with van der Waals surface area (Å²) in [5.74, 6) is 1.36. The number of anilines is 3. The van der Waals surface area contributed by atoms with Gasteiger partial charge < -0.3 is 36.3 Å². The zero-order chi connectivity index (χ0) is 27.0. The van der Waals surface area contributed by atoms with E-state index in [-0.39, 0.29) is 11.9 Å². The van der Waals surface area contributed by atoms with E-state index in [1.165, 1.54) is 12.8 Å². The quantitative estimate of drug-likeness (QED) is 0.165. The second-order valence-electron chi connectivity index (χ2n) is 10.1. The van der Waals surface area contributed by atoms with Gasteiger partial charge in [0.2, 0.25) is 5.95 Å². The fourth-order valence-corrected chi connectivity index (χ4v) is 5.14. The maximum atomic E-state index is 12.8. The number of hydrogen-bond acceptors (Lipinski definition) is 8. The van der Waals surface area contributed by atoms with Crippen molar-refractivity contribution in [2.24, 2.45) is 16.5 Å². The Labute approximate surface area is 228 Å². The summed E-state index contributed by atoms with van der Waals surface area (Å²) in [6.45, 7) is 3.77. The molecule has 3 heterocycles. The summed E-state index contributed by atoms with van der Waals surface area (Å²) in [5, 5.41) is 6.80. The Morgan fingerprint density at radius 3 is 2.56 bits per heavy atom. The lowest BCUT2D eigenvalue weighted by atomic mass is 10.1. The number of unbranched alkanes of at least 4 members (excludes halogenated alkanes) is 2. The highest BCUT2D eigenvalue weighted by Gasteiger charge is 2.22. The molecular formula is C27H38N10O2. The second-order valence-corrected chi connectivity index (χ2v) is 10.1. The number of amides is 1. The molecule has 0 atom stereocenters. The molecule has 208 valence electrons. The van der Waals surface area contributed by atoms with Gasteiger partial charge in [0.1, 0.15) is 0 Å². The second kappa shape index (κ2) is 12.7. The minimum atomic E-state index is 0.0226. The molecule has 1 saturated carbocycles. The number of nitrogens with two attached hydrogens (primary N) is 2. The molecule has 0 unspecified atom stereocenters. The number of nitrogens with one attached hydrogen (secondary N) is 2. The Morgan fingerprint density at radius 2 is 1.82 bits per heavy atom. The largest absolute Gasteiger partial charge is 0.378 e. The first-order valence-corrected chi connectivity index (χ1v) is 13.9. The first-order valence-electron chi connectivity index (χ1n) is 13.9. The van der Waals surface area contributed by atoms with E-state index in [0.717, 1.165) is 55.5 Å². The van der Waals surface area contributed by atoms with E-state index >= 15 is 0 Å². The maximum Gasteiger partial charge on any atom is 0.254 e. The van der Waals surface area contributed by atoms with Crippen molar-refractivity contribution < 1.29 is 9.53 Å². The molecule has 39 heavy (non-hydrogen) atoms. The van der Waals surface area contributed by atoms with Crippen LogP contribution in [0.2, 0.25) is 0 Å². The molecule has 0 spiro atoms. The standard InChI is InChI=1S/C27H38N10O2/c28-26(29)30-12-4-1-5-13-31-27-34-23(22-24(35-27)37(18-32-22)21-6-2-3-7-21)33-20-10-8-19(9-11-20)25(38)36-14-16-39-17-15-36/h8-11,18,21H,1-7,12-17H2,(H4,28,29,30)(H2,31,33,34,35). The van der Waals surface area contributed by atoms with Gasteiger partial charge >= 0.3 is 0 Å². The highest BCUT2D eigenvalue weighted by molar-refractivity contribution is 5.95. The lowest BCUT2D eigenvalue weighted by Crippen LogP contribution is -2.40. The SMILES string of the molecule is NC(N)=NCCCCCNc1nc(Nc2ccc(C(=O)N3CCOCC3)cc2)c2ncn(C3CCCC3)c2n1. The third-order valence-electron chi connectivity index (χ3n) is 7.24. The number of nitrogens with zero attached hydrogens (tertiary/aromatic N) is 6. The number of aromatic nitrogens is 4. The van der Waals surface area contributed by atoms with Crippen molar-refractivity contribution in [1.29, 1.82) is 0 Å². The van der Waals surface area contributed by atoms with Crippen LogP contribution in [0.4, 0.5) is 17.5 Å². The third-order valence-corrected chi connectivity index (χ3v) is 7.24. The molecular weight excluding hydrogens is 496 g/mol. The van der Waals surface area contributed by atoms with Crippen molar-refractivity contribution >= 4 is 40.5 Å². The molecule has 2 aliphatic rings. The molecule has 12 heteroatoms. The number of rotatable bonds is 11. The van der Waals surface area contributed by atoms with Crippen LogP contribution < -0.4 is 22.1 Å². The van der Waals surface area contributed by atoms with Gasteiger partial charge in [-0.1, -0.05) is 12.8 Å². The first kappa shape index (κ1) is 26.7. The minimum Gasteiger partial charge on any atom is -0.378 e. The van der Waals surface area contributed by atoms with Gasteiger partial charge in [0, 0.05) is 43.5 Å². The highest BCUT2D eigenvalue weighted by Crippen LogP contribution is 2.33. The summed E-state index contributed by atoms with van der Waals surface area (Å²) in [7, 11) is 0. The molecule has 1 amide bonds. The Kier molecular flexibility index (Phi) is 8.71. The summed E-state index contributed by atoms with van der Waals surface area (Å²) in [4.78, 5) is 33.0. The number of ether oxygens (including phenoxy) is 1. The van der Waals surface area contributed by atoms with Crippen LogP contribution in [0.3, 0.4) is 0 Å². The number of guanidine groups is 1. The van der Waals surface area contributed by atoms with Crippen LogP contribution in [-0.4, -0.2) is 75.7 Å². The van der Waals surface area contributed by atoms with Crippen LogP contribution in [0.25, 0.3) is 11.2 Å². The molecule has 0 radical (unpaired) electrons. The average Bonchev–Trinajstić information content (AvgIpc) is 3.63. The fraction of sp³-hybridized carbons (Fsp3) is 0.519. The Hall–Kier alpha value is -3.93. The van der Waals surface area contributed by atoms with Crippen molar-refractivity contribution in [2.75, 3.05) is 50.0 Å². The zero-order valence-corrected chi connectivity index (χ0v) is 22.3. The first-order chi connectivity index (χ1) is 19.1. The Balaban J connectivity index is 1.31. The summed E-state index contributed by atoms with van der Waals surface area (Å²) < 4.78 is 7.56. The molecule has 1 aliphatic heterocycles. The maximum absolute atomic E-state index is 12.8. The number of carbonyl (C=O) groups is 1.